The maximum absolute atomic E-state index is 3.26. The van der Waals surface area contributed by atoms with Crippen LogP contribution in [0.2, 0.25) is 0 Å². The van der Waals surface area contributed by atoms with Crippen LogP contribution >= 0.6 is 11.8 Å². The van der Waals surface area contributed by atoms with Gasteiger partial charge in [-0.15, -0.1) is 11.8 Å². The minimum Gasteiger partial charge on any atom is -0.388 e. The molecule has 0 radical (unpaired) electrons. The zero-order valence-corrected chi connectivity index (χ0v) is 11.1. The molecule has 2 aromatic rings. The first kappa shape index (κ1) is 12.1. The summed E-state index contributed by atoms with van der Waals surface area (Å²) >= 11 is 1.88. The number of benzene rings is 2. The lowest BCUT2D eigenvalue weighted by Gasteiger charge is -2.11. The second-order valence-corrected chi connectivity index (χ2v) is 5.00. The molecule has 2 heteroatoms. The fourth-order valence-electron chi connectivity index (χ4n) is 1.80. The third-order valence-corrected chi connectivity index (χ3v) is 3.84. The highest BCUT2D eigenvalue weighted by Crippen LogP contribution is 2.28. The van der Waals surface area contributed by atoms with Crippen molar-refractivity contribution in [3.8, 4) is 0 Å². The molecule has 0 bridgehead atoms. The maximum atomic E-state index is 3.26. The molecule has 0 amide bonds. The van der Waals surface area contributed by atoms with E-state index in [4.69, 9.17) is 0 Å². The van der Waals surface area contributed by atoms with Gasteiger partial charge in [0.1, 0.15) is 0 Å². The van der Waals surface area contributed by atoms with Gasteiger partial charge in [0.05, 0.1) is 0 Å². The van der Waals surface area contributed by atoms with Gasteiger partial charge in [0.2, 0.25) is 0 Å². The minimum absolute atomic E-state index is 1.01. The Morgan fingerprint density at radius 1 is 1.00 bits per heavy atom. The van der Waals surface area contributed by atoms with E-state index in [1.54, 1.807) is 0 Å². The van der Waals surface area contributed by atoms with Gasteiger partial charge in [-0.1, -0.05) is 30.3 Å². The van der Waals surface area contributed by atoms with Crippen LogP contribution in [0.4, 0.5) is 5.69 Å². The number of nitrogens with one attached hydrogen (secondary N) is 1. The molecular formula is C15H17NS. The van der Waals surface area contributed by atoms with Gasteiger partial charge in [-0.25, -0.2) is 0 Å². The Balaban J connectivity index is 2.14. The summed E-state index contributed by atoms with van der Waals surface area (Å²) in [4.78, 5) is 1.32. The van der Waals surface area contributed by atoms with Crippen LogP contribution in [0.15, 0.2) is 53.4 Å². The van der Waals surface area contributed by atoms with Crippen LogP contribution < -0.4 is 5.32 Å². The molecule has 2 rings (SSSR count). The Morgan fingerprint density at radius 3 is 2.47 bits per heavy atom. The van der Waals surface area contributed by atoms with Gasteiger partial charge in [-0.05, 0) is 36.2 Å². The first-order valence-electron chi connectivity index (χ1n) is 5.75. The second kappa shape index (κ2) is 5.78. The summed E-state index contributed by atoms with van der Waals surface area (Å²) in [6.45, 7) is 2.17. The lowest BCUT2D eigenvalue weighted by molar-refractivity contribution is 1.28. The highest BCUT2D eigenvalue weighted by molar-refractivity contribution is 7.98. The molecule has 0 heterocycles. The van der Waals surface area contributed by atoms with Crippen molar-refractivity contribution in [1.82, 2.24) is 0 Å². The monoisotopic (exact) mass is 243 g/mol. The standard InChI is InChI=1S/C15H17NS/c1-12-7-6-10-15(16-2)14(12)11-17-13-8-4-3-5-9-13/h3-10,16H,11H2,1-2H3. The number of hydrogen-bond donors (Lipinski definition) is 1. The molecule has 88 valence electrons. The third-order valence-electron chi connectivity index (χ3n) is 2.81. The number of hydrogen-bond acceptors (Lipinski definition) is 2. The van der Waals surface area contributed by atoms with E-state index in [1.165, 1.54) is 21.7 Å². The maximum Gasteiger partial charge on any atom is 0.0381 e. The second-order valence-electron chi connectivity index (χ2n) is 3.95. The van der Waals surface area contributed by atoms with E-state index in [0.29, 0.717) is 0 Å². The van der Waals surface area contributed by atoms with Crippen LogP contribution in [0.3, 0.4) is 0 Å². The number of rotatable bonds is 4. The smallest absolute Gasteiger partial charge is 0.0381 e. The molecular weight excluding hydrogens is 226 g/mol. The summed E-state index contributed by atoms with van der Waals surface area (Å²) in [5, 5.41) is 3.26. The molecule has 17 heavy (non-hydrogen) atoms. The zero-order chi connectivity index (χ0) is 12.1. The van der Waals surface area contributed by atoms with Crippen LogP contribution in [0, 0.1) is 6.92 Å². The SMILES string of the molecule is CNc1cccc(C)c1CSc1ccccc1. The Hall–Kier alpha value is -1.41. The van der Waals surface area contributed by atoms with E-state index in [9.17, 15) is 0 Å². The van der Waals surface area contributed by atoms with Crippen molar-refractivity contribution < 1.29 is 0 Å². The summed E-state index contributed by atoms with van der Waals surface area (Å²) in [7, 11) is 1.98. The Morgan fingerprint density at radius 2 is 1.76 bits per heavy atom. The molecule has 0 spiro atoms. The molecule has 0 aliphatic rings. The van der Waals surface area contributed by atoms with Crippen molar-refractivity contribution in [3.05, 3.63) is 59.7 Å². The summed E-state index contributed by atoms with van der Waals surface area (Å²) < 4.78 is 0. The zero-order valence-electron chi connectivity index (χ0n) is 10.2. The van der Waals surface area contributed by atoms with E-state index in [-0.39, 0.29) is 0 Å². The molecule has 0 unspecified atom stereocenters. The van der Waals surface area contributed by atoms with Gasteiger partial charge in [0.25, 0.3) is 0 Å². The van der Waals surface area contributed by atoms with Crippen LogP contribution in [0.1, 0.15) is 11.1 Å². The average Bonchev–Trinajstić information content (AvgIpc) is 2.38. The van der Waals surface area contributed by atoms with Crippen molar-refractivity contribution in [2.45, 2.75) is 17.6 Å². The molecule has 2 aromatic carbocycles. The predicted octanol–water partition coefficient (Wildman–Crippen LogP) is 4.33. The van der Waals surface area contributed by atoms with E-state index >= 15 is 0 Å². The molecule has 0 aliphatic carbocycles. The summed E-state index contributed by atoms with van der Waals surface area (Å²) in [6, 6.07) is 16.9. The largest absolute Gasteiger partial charge is 0.388 e. The highest BCUT2D eigenvalue weighted by Gasteiger charge is 2.04. The van der Waals surface area contributed by atoms with Crippen LogP contribution in [-0.2, 0) is 5.75 Å². The first-order valence-corrected chi connectivity index (χ1v) is 6.74. The van der Waals surface area contributed by atoms with E-state index in [0.717, 1.165) is 5.75 Å². The highest BCUT2D eigenvalue weighted by atomic mass is 32.2. The normalized spacial score (nSPS) is 10.2. The van der Waals surface area contributed by atoms with E-state index in [1.807, 2.05) is 18.8 Å². The molecule has 0 aliphatic heterocycles. The van der Waals surface area contributed by atoms with Crippen LogP contribution in [0.5, 0.6) is 0 Å². The van der Waals surface area contributed by atoms with Crippen molar-refractivity contribution in [3.63, 3.8) is 0 Å². The topological polar surface area (TPSA) is 12.0 Å². The van der Waals surface area contributed by atoms with Gasteiger partial charge < -0.3 is 5.32 Å². The molecule has 0 atom stereocenters. The van der Waals surface area contributed by atoms with E-state index < -0.39 is 0 Å². The van der Waals surface area contributed by atoms with Crippen LogP contribution in [0.25, 0.3) is 0 Å². The Labute approximate surface area is 107 Å². The van der Waals surface area contributed by atoms with Crippen molar-refractivity contribution in [1.29, 1.82) is 0 Å². The first-order chi connectivity index (χ1) is 8.31. The molecule has 1 nitrogen and oxygen atoms in total. The Kier molecular flexibility index (Phi) is 4.10. The van der Waals surface area contributed by atoms with Gasteiger partial charge in [0.15, 0.2) is 0 Å². The number of aryl methyl sites for hydroxylation is 1. The summed E-state index contributed by atoms with van der Waals surface area (Å²) in [5.74, 6) is 1.01. The lowest BCUT2D eigenvalue weighted by atomic mass is 10.1. The number of anilines is 1. The molecule has 0 saturated heterocycles. The molecule has 0 saturated carbocycles. The molecule has 0 aromatic heterocycles. The molecule has 1 N–H and O–H groups in total. The van der Waals surface area contributed by atoms with Crippen molar-refractivity contribution in [2.75, 3.05) is 12.4 Å². The summed E-state index contributed by atoms with van der Waals surface area (Å²) in [5.41, 5.74) is 3.97. The lowest BCUT2D eigenvalue weighted by Crippen LogP contribution is -1.96. The predicted molar refractivity (Wildman–Crippen MR) is 76.7 cm³/mol. The molecule has 0 fully saturated rings. The fourth-order valence-corrected chi connectivity index (χ4v) is 2.84. The number of thioether (sulfide) groups is 1. The van der Waals surface area contributed by atoms with Crippen LogP contribution in [-0.4, -0.2) is 7.05 Å². The van der Waals surface area contributed by atoms with E-state index in [2.05, 4.69) is 60.8 Å². The third kappa shape index (κ3) is 3.04. The van der Waals surface area contributed by atoms with Gasteiger partial charge in [0, 0.05) is 23.4 Å². The minimum atomic E-state index is 1.01. The quantitative estimate of drug-likeness (QED) is 0.802. The van der Waals surface area contributed by atoms with Gasteiger partial charge in [-0.2, -0.15) is 0 Å². The van der Waals surface area contributed by atoms with Gasteiger partial charge >= 0.3 is 0 Å². The van der Waals surface area contributed by atoms with Crippen molar-refractivity contribution in [2.24, 2.45) is 0 Å². The summed E-state index contributed by atoms with van der Waals surface area (Å²) in [6.07, 6.45) is 0. The van der Waals surface area contributed by atoms with Gasteiger partial charge in [-0.3, -0.25) is 0 Å². The Bertz CT molecular complexity index is 480. The fraction of sp³-hybridized carbons (Fsp3) is 0.200. The van der Waals surface area contributed by atoms with Crippen molar-refractivity contribution >= 4 is 17.4 Å². The average molecular weight is 243 g/mol.